The molecule has 0 saturated heterocycles. The Balaban J connectivity index is 1.86. The van der Waals surface area contributed by atoms with Crippen LogP contribution in [0.3, 0.4) is 0 Å². The Morgan fingerprint density at radius 2 is 1.25 bits per heavy atom. The van der Waals surface area contributed by atoms with Crippen molar-refractivity contribution in [2.75, 3.05) is 43.7 Å². The monoisotopic (exact) mass is 705 g/mol. The van der Waals surface area contributed by atoms with Crippen molar-refractivity contribution in [1.82, 2.24) is 0 Å². The fourth-order valence-electron chi connectivity index (χ4n) is 4.30. The molecule has 2 amide bonds. The van der Waals surface area contributed by atoms with Gasteiger partial charge in [0, 0.05) is 23.3 Å². The Bertz CT molecular complexity index is 1710. The normalized spacial score (nSPS) is 11.2. The van der Waals surface area contributed by atoms with E-state index in [0.717, 1.165) is 0 Å². The summed E-state index contributed by atoms with van der Waals surface area (Å²) in [6.45, 7) is 17.9. The van der Waals surface area contributed by atoms with Crippen molar-refractivity contribution in [1.29, 1.82) is 0 Å². The van der Waals surface area contributed by atoms with Crippen LogP contribution in [0.1, 0.15) is 79.5 Å². The number of ether oxygens (including phenoxy) is 5. The van der Waals surface area contributed by atoms with Crippen LogP contribution in [-0.4, -0.2) is 61.3 Å². The first-order valence-electron chi connectivity index (χ1n) is 16.6. The second-order valence-electron chi connectivity index (χ2n) is 13.4. The summed E-state index contributed by atoms with van der Waals surface area (Å²) in [6.07, 6.45) is 1.46. The maximum atomic E-state index is 13.5. The Hall–Kier alpha value is -5.43. The molecule has 0 aliphatic rings. The van der Waals surface area contributed by atoms with Gasteiger partial charge in [0.1, 0.15) is 24.7 Å². The van der Waals surface area contributed by atoms with E-state index in [4.69, 9.17) is 23.7 Å². The van der Waals surface area contributed by atoms with E-state index in [-0.39, 0.29) is 77.8 Å². The minimum Gasteiger partial charge on any atom is -0.491 e. The molecule has 0 heterocycles. The number of nitro groups is 1. The highest BCUT2D eigenvalue weighted by atomic mass is 16.6. The predicted molar refractivity (Wildman–Crippen MR) is 194 cm³/mol. The number of hydrogen-bond acceptors (Lipinski definition) is 10. The fraction of sp³-hybridized carbons (Fsp3) is 0.395. The third-order valence-electron chi connectivity index (χ3n) is 6.73. The summed E-state index contributed by atoms with van der Waals surface area (Å²) in [4.78, 5) is 50.4. The maximum absolute atomic E-state index is 13.5. The number of rotatable bonds is 18. The van der Waals surface area contributed by atoms with Crippen LogP contribution in [0.2, 0.25) is 0 Å². The molecule has 0 radical (unpaired) electrons. The molecule has 0 unspecified atom stereocenters. The smallest absolute Gasteiger partial charge is 0.338 e. The van der Waals surface area contributed by atoms with Gasteiger partial charge in [0.05, 0.1) is 47.3 Å². The zero-order valence-electron chi connectivity index (χ0n) is 30.2. The van der Waals surface area contributed by atoms with Gasteiger partial charge in [-0.3, -0.25) is 19.7 Å². The van der Waals surface area contributed by atoms with Crippen LogP contribution in [0.4, 0.5) is 17.1 Å². The highest BCUT2D eigenvalue weighted by molar-refractivity contribution is 6.08. The number of nitrogens with one attached hydrogen (secondary N) is 2. The molecule has 0 atom stereocenters. The molecule has 274 valence electrons. The van der Waals surface area contributed by atoms with Crippen LogP contribution < -0.4 is 24.8 Å². The quantitative estimate of drug-likeness (QED) is 0.0440. The summed E-state index contributed by atoms with van der Waals surface area (Å²) >= 11 is 0. The number of nitrogens with zero attached hydrogens (tertiary/aromatic N) is 1. The van der Waals surface area contributed by atoms with Crippen LogP contribution >= 0.6 is 0 Å². The number of benzene rings is 3. The summed E-state index contributed by atoms with van der Waals surface area (Å²) in [5, 5.41) is 17.2. The number of esters is 1. The maximum Gasteiger partial charge on any atom is 0.338 e. The molecule has 0 aromatic heterocycles. The predicted octanol–water partition coefficient (Wildman–Crippen LogP) is 7.71. The van der Waals surface area contributed by atoms with Gasteiger partial charge in [0.25, 0.3) is 11.8 Å². The minimum atomic E-state index is -0.588. The third-order valence-corrected chi connectivity index (χ3v) is 6.73. The van der Waals surface area contributed by atoms with Crippen molar-refractivity contribution in [3.63, 3.8) is 0 Å². The van der Waals surface area contributed by atoms with Gasteiger partial charge in [-0.2, -0.15) is 0 Å². The lowest BCUT2D eigenvalue weighted by Gasteiger charge is -2.19. The van der Waals surface area contributed by atoms with E-state index in [0.29, 0.717) is 18.0 Å². The van der Waals surface area contributed by atoms with Crippen LogP contribution in [0.5, 0.6) is 17.2 Å². The lowest BCUT2D eigenvalue weighted by atomic mass is 10.1. The van der Waals surface area contributed by atoms with Gasteiger partial charge in [-0.1, -0.05) is 40.3 Å². The van der Waals surface area contributed by atoms with Gasteiger partial charge in [0.2, 0.25) is 0 Å². The van der Waals surface area contributed by atoms with Crippen LogP contribution in [0.15, 0.2) is 67.3 Å². The van der Waals surface area contributed by atoms with E-state index >= 15 is 0 Å². The molecule has 51 heavy (non-hydrogen) atoms. The van der Waals surface area contributed by atoms with Crippen LogP contribution in [-0.2, 0) is 9.47 Å². The number of carbonyl (C=O) groups excluding carboxylic acids is 3. The van der Waals surface area contributed by atoms with Crippen LogP contribution in [0.25, 0.3) is 0 Å². The largest absolute Gasteiger partial charge is 0.491 e. The Labute approximate surface area is 298 Å². The molecule has 2 N–H and O–H groups in total. The molecule has 0 aliphatic carbocycles. The molecule has 13 heteroatoms. The lowest BCUT2D eigenvalue weighted by Crippen LogP contribution is -2.22. The summed E-state index contributed by atoms with van der Waals surface area (Å²) in [7, 11) is 0. The zero-order valence-corrected chi connectivity index (χ0v) is 30.2. The average molecular weight is 706 g/mol. The molecule has 0 fully saturated rings. The fourth-order valence-corrected chi connectivity index (χ4v) is 4.30. The Morgan fingerprint density at radius 1 is 0.765 bits per heavy atom. The standard InChI is InChI=1S/C38H47N3O10/c1-9-16-48-37(44)28-11-14-30(33(21-28)50-23-25(4)5)40-35(42)26-10-13-29(32(19-26)49-22-24(2)3)39-36(43)27-12-15-31(41(45)46)34(20-27)47-17-18-51-38(6,7)8/h9-15,19-21,24-25H,1,16-18,22-23H2,2-8H3,(H,39,43)(H,40,42). The van der Waals surface area contributed by atoms with Gasteiger partial charge in [-0.15, -0.1) is 0 Å². The molecule has 13 nitrogen and oxygen atoms in total. The molecule has 0 bridgehead atoms. The number of carbonyl (C=O) groups is 3. The lowest BCUT2D eigenvalue weighted by molar-refractivity contribution is -0.385. The third kappa shape index (κ3) is 12.8. The minimum absolute atomic E-state index is 0.0393. The topological polar surface area (TPSA) is 165 Å². The molecular formula is C38H47N3O10. The van der Waals surface area contributed by atoms with Crippen molar-refractivity contribution in [3.8, 4) is 17.2 Å². The molecule has 0 saturated carbocycles. The highest BCUT2D eigenvalue weighted by Crippen LogP contribution is 2.32. The van der Waals surface area contributed by atoms with Gasteiger partial charge in [-0.25, -0.2) is 4.79 Å². The zero-order chi connectivity index (χ0) is 37.7. The second kappa shape index (κ2) is 18.5. The van der Waals surface area contributed by atoms with Crippen molar-refractivity contribution < 1.29 is 43.0 Å². The Kier molecular flexibility index (Phi) is 14.5. The number of nitro benzene ring substituents is 1. The van der Waals surface area contributed by atoms with Crippen molar-refractivity contribution in [2.24, 2.45) is 11.8 Å². The van der Waals surface area contributed by atoms with Crippen molar-refractivity contribution in [3.05, 3.63) is 94.1 Å². The molecule has 3 aromatic rings. The molecule has 3 aromatic carbocycles. The van der Waals surface area contributed by atoms with Crippen LogP contribution in [0, 0.1) is 22.0 Å². The Morgan fingerprint density at radius 3 is 1.75 bits per heavy atom. The van der Waals surface area contributed by atoms with E-state index in [1.165, 1.54) is 54.6 Å². The van der Waals surface area contributed by atoms with E-state index in [1.54, 1.807) is 6.07 Å². The average Bonchev–Trinajstić information content (AvgIpc) is 3.07. The first-order valence-corrected chi connectivity index (χ1v) is 16.6. The number of hydrogen-bond donors (Lipinski definition) is 2. The molecule has 0 aliphatic heterocycles. The summed E-state index contributed by atoms with van der Waals surface area (Å²) < 4.78 is 28.3. The van der Waals surface area contributed by atoms with E-state index in [2.05, 4.69) is 17.2 Å². The first kappa shape index (κ1) is 40.0. The van der Waals surface area contributed by atoms with E-state index in [1.807, 2.05) is 48.5 Å². The first-order chi connectivity index (χ1) is 24.1. The highest BCUT2D eigenvalue weighted by Gasteiger charge is 2.21. The molecule has 0 spiro atoms. The van der Waals surface area contributed by atoms with E-state index < -0.39 is 28.3 Å². The van der Waals surface area contributed by atoms with Gasteiger partial charge in [-0.05, 0) is 75.1 Å². The van der Waals surface area contributed by atoms with Gasteiger partial charge >= 0.3 is 11.7 Å². The van der Waals surface area contributed by atoms with E-state index in [9.17, 15) is 24.5 Å². The van der Waals surface area contributed by atoms with Crippen molar-refractivity contribution >= 4 is 34.8 Å². The SMILES string of the molecule is C=CCOC(=O)c1ccc(NC(=O)c2ccc(NC(=O)c3ccc([N+](=O)[O-])c(OCCOC(C)(C)C)c3)c(OCC(C)C)c2)c(OCC(C)C)c1. The van der Waals surface area contributed by atoms with Gasteiger partial charge < -0.3 is 34.3 Å². The summed E-state index contributed by atoms with van der Waals surface area (Å²) in [5.41, 5.74) is 0.484. The van der Waals surface area contributed by atoms with Crippen molar-refractivity contribution in [2.45, 2.75) is 54.1 Å². The summed E-state index contributed by atoms with van der Waals surface area (Å²) in [6, 6.07) is 13.0. The molecule has 3 rings (SSSR count). The second-order valence-corrected chi connectivity index (χ2v) is 13.4. The number of amides is 2. The van der Waals surface area contributed by atoms with Gasteiger partial charge in [0.15, 0.2) is 5.75 Å². The number of anilines is 2. The summed E-state index contributed by atoms with van der Waals surface area (Å²) in [5.74, 6) is -0.886. The molecular weight excluding hydrogens is 658 g/mol.